The van der Waals surface area contributed by atoms with Crippen molar-refractivity contribution in [2.24, 2.45) is 5.41 Å². The molecule has 3 aliphatic rings. The molecule has 1 aromatic carbocycles. The van der Waals surface area contributed by atoms with Gasteiger partial charge in [0, 0.05) is 23.0 Å². The van der Waals surface area contributed by atoms with Crippen molar-refractivity contribution >= 4 is 34.4 Å². The fraction of sp³-hybridized carbons (Fsp3) is 0.618. The van der Waals surface area contributed by atoms with Crippen molar-refractivity contribution in [1.82, 2.24) is 20.1 Å². The average Bonchev–Trinajstić information content (AvgIpc) is 3.42. The number of amides is 2. The number of nitrogens with zero attached hydrogens (tertiary/aromatic N) is 2. The number of hydrogen-bond acceptors (Lipinski definition) is 10. The first-order valence-corrected chi connectivity index (χ1v) is 16.7. The number of carbonyl (C=O) groups excluding carboxylic acids is 3. The summed E-state index contributed by atoms with van der Waals surface area (Å²) in [5.41, 5.74) is 3.81. The van der Waals surface area contributed by atoms with Crippen LogP contribution < -0.4 is 10.6 Å². The van der Waals surface area contributed by atoms with Gasteiger partial charge in [-0.3, -0.25) is 14.5 Å². The fourth-order valence-corrected chi connectivity index (χ4v) is 7.20. The minimum Gasteiger partial charge on any atom is -0.462 e. The van der Waals surface area contributed by atoms with Gasteiger partial charge in [0.25, 0.3) is 5.91 Å². The van der Waals surface area contributed by atoms with Gasteiger partial charge in [0.15, 0.2) is 6.04 Å². The topological polar surface area (TPSA) is 161 Å². The third-order valence-electron chi connectivity index (χ3n) is 9.40. The number of piperidine rings is 1. The third-order valence-corrected chi connectivity index (χ3v) is 9.40. The smallest absolute Gasteiger partial charge is 0.331 e. The molecule has 2 amide bonds. The van der Waals surface area contributed by atoms with E-state index in [1.54, 1.807) is 0 Å². The molecular formula is C34H48N4O9. The quantitative estimate of drug-likeness (QED) is 0.135. The molecule has 0 bridgehead atoms. The van der Waals surface area contributed by atoms with Crippen molar-refractivity contribution in [2.75, 3.05) is 72.5 Å². The van der Waals surface area contributed by atoms with E-state index in [2.05, 4.69) is 39.2 Å². The number of hydrogen-bond donors (Lipinski definition) is 4. The number of fused-ring (bicyclic) bond motifs is 3. The second-order valence-electron chi connectivity index (χ2n) is 12.3. The Hall–Kier alpha value is -3.33. The van der Waals surface area contributed by atoms with E-state index < -0.39 is 24.0 Å². The Morgan fingerprint density at radius 1 is 1.02 bits per heavy atom. The number of aliphatic hydroxyl groups excluding tert-OH is 2. The van der Waals surface area contributed by atoms with Crippen LogP contribution in [0.2, 0.25) is 0 Å². The van der Waals surface area contributed by atoms with Crippen molar-refractivity contribution in [3.05, 3.63) is 41.6 Å². The lowest BCUT2D eigenvalue weighted by atomic mass is 9.66. The van der Waals surface area contributed by atoms with Crippen molar-refractivity contribution < 1.29 is 43.5 Å². The molecule has 1 fully saturated rings. The predicted octanol–water partition coefficient (Wildman–Crippen LogP) is 1.15. The Morgan fingerprint density at radius 2 is 1.72 bits per heavy atom. The van der Waals surface area contributed by atoms with E-state index in [0.717, 1.165) is 49.7 Å². The van der Waals surface area contributed by atoms with Gasteiger partial charge in [0.05, 0.1) is 70.5 Å². The van der Waals surface area contributed by atoms with Crippen LogP contribution in [0, 0.1) is 5.41 Å². The molecule has 0 saturated carbocycles. The zero-order valence-electron chi connectivity index (χ0n) is 27.4. The summed E-state index contributed by atoms with van der Waals surface area (Å²) < 4.78 is 23.1. The van der Waals surface area contributed by atoms with Crippen molar-refractivity contribution in [1.29, 1.82) is 0 Å². The van der Waals surface area contributed by atoms with Gasteiger partial charge in [0.2, 0.25) is 5.91 Å². The summed E-state index contributed by atoms with van der Waals surface area (Å²) in [4.78, 5) is 42.0. The molecule has 4 N–H and O–H groups in total. The highest BCUT2D eigenvalue weighted by molar-refractivity contribution is 6.17. The Kier molecular flexibility index (Phi) is 12.0. The van der Waals surface area contributed by atoms with Crippen LogP contribution >= 0.6 is 0 Å². The van der Waals surface area contributed by atoms with Gasteiger partial charge in [-0.2, -0.15) is 0 Å². The first kappa shape index (κ1) is 35.0. The molecule has 4 heterocycles. The highest BCUT2D eigenvalue weighted by Crippen LogP contribution is 2.56. The second kappa shape index (κ2) is 16.2. The van der Waals surface area contributed by atoms with E-state index in [0.29, 0.717) is 25.5 Å². The zero-order chi connectivity index (χ0) is 33.4. The zero-order valence-corrected chi connectivity index (χ0v) is 27.4. The summed E-state index contributed by atoms with van der Waals surface area (Å²) in [6.07, 6.45) is 4.78. The van der Waals surface area contributed by atoms with E-state index in [4.69, 9.17) is 24.1 Å². The molecule has 258 valence electrons. The summed E-state index contributed by atoms with van der Waals surface area (Å²) in [7, 11) is 0. The largest absolute Gasteiger partial charge is 0.462 e. The van der Waals surface area contributed by atoms with Gasteiger partial charge in [0.1, 0.15) is 12.3 Å². The lowest BCUT2D eigenvalue weighted by Crippen LogP contribution is -2.52. The number of esters is 1. The van der Waals surface area contributed by atoms with Gasteiger partial charge >= 0.3 is 5.97 Å². The van der Waals surface area contributed by atoms with Crippen LogP contribution in [0.15, 0.2) is 30.3 Å². The maximum Gasteiger partial charge on any atom is 0.331 e. The molecule has 47 heavy (non-hydrogen) atoms. The van der Waals surface area contributed by atoms with E-state index in [-0.39, 0.29) is 56.9 Å². The average molecular weight is 657 g/mol. The minimum atomic E-state index is -1.31. The molecule has 1 aromatic heterocycles. The van der Waals surface area contributed by atoms with Gasteiger partial charge in [-0.25, -0.2) is 4.79 Å². The van der Waals surface area contributed by atoms with E-state index in [1.807, 2.05) is 18.2 Å². The molecular weight excluding hydrogens is 608 g/mol. The maximum atomic E-state index is 13.9. The normalized spacial score (nSPS) is 21.4. The van der Waals surface area contributed by atoms with Crippen molar-refractivity contribution in [3.8, 4) is 0 Å². The molecule has 3 aliphatic heterocycles. The van der Waals surface area contributed by atoms with E-state index >= 15 is 0 Å². The maximum absolute atomic E-state index is 13.9. The number of aromatic nitrogens is 1. The molecule has 13 heteroatoms. The summed E-state index contributed by atoms with van der Waals surface area (Å²) in [6, 6.07) is 7.08. The summed E-state index contributed by atoms with van der Waals surface area (Å²) in [5, 5.41) is 25.3. The summed E-state index contributed by atoms with van der Waals surface area (Å²) in [6.45, 7) is 6.84. The second-order valence-corrected chi connectivity index (χ2v) is 12.3. The van der Waals surface area contributed by atoms with Crippen molar-refractivity contribution in [2.45, 2.75) is 57.7 Å². The lowest BCUT2D eigenvalue weighted by Gasteiger charge is -2.53. The van der Waals surface area contributed by atoms with Gasteiger partial charge in [-0.05, 0) is 56.9 Å². The third kappa shape index (κ3) is 7.71. The fourth-order valence-electron chi connectivity index (χ4n) is 7.20. The molecule has 4 atom stereocenters. The van der Waals surface area contributed by atoms with Crippen LogP contribution in [0.3, 0.4) is 0 Å². The molecule has 0 aliphatic carbocycles. The Morgan fingerprint density at radius 3 is 2.43 bits per heavy atom. The number of rotatable bonds is 18. The van der Waals surface area contributed by atoms with Gasteiger partial charge in [-0.1, -0.05) is 25.1 Å². The number of carbonyl (C=O) groups is 3. The summed E-state index contributed by atoms with van der Waals surface area (Å²) >= 11 is 0. The number of para-hydroxylation sites is 1. The monoisotopic (exact) mass is 656 g/mol. The Balaban J connectivity index is 1.16. The molecule has 5 rings (SSSR count). The molecule has 2 aromatic rings. The van der Waals surface area contributed by atoms with Crippen LogP contribution in [0.5, 0.6) is 0 Å². The van der Waals surface area contributed by atoms with Crippen LogP contribution in [-0.4, -0.2) is 122 Å². The van der Waals surface area contributed by atoms with Crippen molar-refractivity contribution in [3.63, 3.8) is 0 Å². The predicted molar refractivity (Wildman–Crippen MR) is 173 cm³/mol. The SMILES string of the molecule is CC[C@@]12C=C(C(=O)NCC(=O)N[C@H](C(=O)OCCOCCOCCOCCO)C(C)O)n3c4c(c5ccccc53)CCN(CCC1)[C@H]42. The molecule has 1 saturated heterocycles. The van der Waals surface area contributed by atoms with Crippen LogP contribution in [0.25, 0.3) is 16.6 Å². The first-order valence-electron chi connectivity index (χ1n) is 16.7. The molecule has 0 spiro atoms. The van der Waals surface area contributed by atoms with Crippen LogP contribution in [-0.2, 0) is 39.8 Å². The first-order chi connectivity index (χ1) is 22.8. The number of ether oxygens (including phenoxy) is 4. The standard InChI is InChI=1S/C34H48N4O9/c1-3-34-10-6-11-37-12-9-25-24-7-4-5-8-26(24)38(30(25)31(34)37)27(21-34)32(42)35-22-28(41)36-29(23(2)40)33(43)47-20-19-46-18-17-45-16-15-44-14-13-39/h4-5,7-8,21,23,29,31,39-40H,3,6,9-20,22H2,1-2H3,(H,35,42)(H,36,41)/t23?,29-,31+,34-/m0/s1. The van der Waals surface area contributed by atoms with Gasteiger partial charge in [-0.15, -0.1) is 0 Å². The summed E-state index contributed by atoms with van der Waals surface area (Å²) in [5.74, 6) is -1.80. The minimum absolute atomic E-state index is 0.0382. The van der Waals surface area contributed by atoms with Crippen LogP contribution in [0.1, 0.15) is 50.4 Å². The van der Waals surface area contributed by atoms with Crippen LogP contribution in [0.4, 0.5) is 0 Å². The highest BCUT2D eigenvalue weighted by Gasteiger charge is 2.51. The molecule has 13 nitrogen and oxygen atoms in total. The number of aliphatic hydroxyl groups is 2. The van der Waals surface area contributed by atoms with Gasteiger partial charge < -0.3 is 44.4 Å². The number of nitrogens with one attached hydrogen (secondary N) is 2. The Labute approximate surface area is 275 Å². The molecule has 0 radical (unpaired) electrons. The van der Waals surface area contributed by atoms with E-state index in [1.165, 1.54) is 18.2 Å². The molecule has 1 unspecified atom stereocenters. The number of benzene rings is 1. The van der Waals surface area contributed by atoms with E-state index in [9.17, 15) is 19.5 Å². The lowest BCUT2D eigenvalue weighted by molar-refractivity contribution is -0.152. The Bertz CT molecular complexity index is 1440. The highest BCUT2D eigenvalue weighted by atomic mass is 16.6.